The minimum atomic E-state index is -0.657. The van der Waals surface area contributed by atoms with Crippen molar-refractivity contribution in [3.05, 3.63) is 0 Å². The number of nitrogens with zero attached hydrogens (tertiary/aromatic N) is 2. The molecule has 2 aliphatic heterocycles. The van der Waals surface area contributed by atoms with Crippen LogP contribution in [-0.2, 0) is 9.53 Å². The van der Waals surface area contributed by atoms with Gasteiger partial charge in [-0.1, -0.05) is 0 Å². The van der Waals surface area contributed by atoms with Crippen LogP contribution in [0.5, 0.6) is 0 Å². The van der Waals surface area contributed by atoms with Crippen LogP contribution in [-0.4, -0.2) is 64.3 Å². The van der Waals surface area contributed by atoms with Crippen LogP contribution in [0.25, 0.3) is 0 Å². The second kappa shape index (κ2) is 5.67. The summed E-state index contributed by atoms with van der Waals surface area (Å²) < 4.78 is 5.87. The normalized spacial score (nSPS) is 25.9. The lowest BCUT2D eigenvalue weighted by Gasteiger charge is -2.37. The molecule has 0 aliphatic carbocycles. The largest absolute Gasteiger partial charge is 0.354 e. The molecule has 0 aromatic heterocycles. The van der Waals surface area contributed by atoms with Crippen LogP contribution in [0.3, 0.4) is 0 Å². The van der Waals surface area contributed by atoms with E-state index in [9.17, 15) is 14.4 Å². The van der Waals surface area contributed by atoms with Gasteiger partial charge in [-0.05, 0) is 41.5 Å². The van der Waals surface area contributed by atoms with Gasteiger partial charge in [0.2, 0.25) is 5.91 Å². The molecule has 2 aliphatic rings. The predicted molar refractivity (Wildman–Crippen MR) is 83.6 cm³/mol. The van der Waals surface area contributed by atoms with Gasteiger partial charge in [-0.2, -0.15) is 0 Å². The Morgan fingerprint density at radius 2 is 1.74 bits per heavy atom. The number of ether oxygens (including phenoxy) is 1. The molecule has 2 saturated heterocycles. The number of amides is 5. The van der Waals surface area contributed by atoms with Crippen molar-refractivity contribution in [1.29, 1.82) is 0 Å². The third-order valence-corrected chi connectivity index (χ3v) is 4.19. The first-order valence-corrected chi connectivity index (χ1v) is 7.76. The number of carbonyl (C=O) groups excluding carboxylic acids is 3. The lowest BCUT2D eigenvalue weighted by atomic mass is 10.0. The Bertz CT molecular complexity index is 526. The summed E-state index contributed by atoms with van der Waals surface area (Å²) in [6.45, 7) is 11.7. The zero-order valence-corrected chi connectivity index (χ0v) is 14.6. The van der Waals surface area contributed by atoms with E-state index in [1.165, 1.54) is 4.90 Å². The summed E-state index contributed by atoms with van der Waals surface area (Å²) >= 11 is 0. The molecule has 0 saturated carbocycles. The Morgan fingerprint density at radius 3 is 2.17 bits per heavy atom. The van der Waals surface area contributed by atoms with Gasteiger partial charge in [0, 0.05) is 5.54 Å². The topological polar surface area (TPSA) is 91.0 Å². The molecular weight excluding hydrogens is 300 g/mol. The number of hydrogen-bond acceptors (Lipinski definition) is 4. The van der Waals surface area contributed by atoms with E-state index in [-0.39, 0.29) is 36.7 Å². The van der Waals surface area contributed by atoms with Crippen LogP contribution in [0.15, 0.2) is 0 Å². The van der Waals surface area contributed by atoms with Gasteiger partial charge in [0.1, 0.15) is 6.54 Å². The third kappa shape index (κ3) is 3.41. The van der Waals surface area contributed by atoms with Gasteiger partial charge in [0.15, 0.2) is 6.23 Å². The van der Waals surface area contributed by atoms with E-state index in [2.05, 4.69) is 10.6 Å². The lowest BCUT2D eigenvalue weighted by molar-refractivity contribution is -0.119. The van der Waals surface area contributed by atoms with Crippen molar-refractivity contribution in [2.45, 2.75) is 64.9 Å². The van der Waals surface area contributed by atoms with Crippen LogP contribution in [0, 0.1) is 0 Å². The number of rotatable bonds is 4. The van der Waals surface area contributed by atoms with E-state index in [0.717, 1.165) is 0 Å². The van der Waals surface area contributed by atoms with Crippen molar-refractivity contribution in [2.24, 2.45) is 0 Å². The molecule has 130 valence electrons. The highest BCUT2D eigenvalue weighted by molar-refractivity contribution is 6.02. The Hall–Kier alpha value is -1.83. The minimum absolute atomic E-state index is 0.0237. The maximum Gasteiger partial charge on any atom is 0.325 e. The number of hydrogen-bond donors (Lipinski definition) is 2. The molecule has 5 amide bonds. The molecule has 2 fully saturated rings. The van der Waals surface area contributed by atoms with E-state index in [4.69, 9.17) is 4.74 Å². The Kier molecular flexibility index (Phi) is 4.32. The number of nitrogens with one attached hydrogen (secondary N) is 2. The van der Waals surface area contributed by atoms with Crippen LogP contribution in [0.4, 0.5) is 9.59 Å². The SMILES string of the molecule is C[C@H]1C(OCC(C)(C)N2CC(=O)NC2=O)NC(=O)N1C(C)(C)C. The summed E-state index contributed by atoms with van der Waals surface area (Å²) in [7, 11) is 0. The molecule has 2 rings (SSSR count). The quantitative estimate of drug-likeness (QED) is 0.750. The Labute approximate surface area is 136 Å². The second-order valence-electron chi connectivity index (χ2n) is 7.71. The van der Waals surface area contributed by atoms with Gasteiger partial charge >= 0.3 is 12.1 Å². The average Bonchev–Trinajstić information content (AvgIpc) is 2.86. The van der Waals surface area contributed by atoms with Gasteiger partial charge in [-0.3, -0.25) is 10.1 Å². The van der Waals surface area contributed by atoms with Crippen molar-refractivity contribution in [2.75, 3.05) is 13.2 Å². The molecule has 2 N–H and O–H groups in total. The van der Waals surface area contributed by atoms with Gasteiger partial charge in [-0.15, -0.1) is 0 Å². The molecule has 2 atom stereocenters. The Morgan fingerprint density at radius 1 is 1.13 bits per heavy atom. The van der Waals surface area contributed by atoms with Gasteiger partial charge in [0.05, 0.1) is 18.2 Å². The van der Waals surface area contributed by atoms with Gasteiger partial charge in [0.25, 0.3) is 0 Å². The second-order valence-corrected chi connectivity index (χ2v) is 7.71. The van der Waals surface area contributed by atoms with E-state index >= 15 is 0 Å². The predicted octanol–water partition coefficient (Wildman–Crippen LogP) is 0.872. The zero-order valence-electron chi connectivity index (χ0n) is 14.6. The monoisotopic (exact) mass is 326 g/mol. The molecule has 1 unspecified atom stereocenters. The molecule has 0 bridgehead atoms. The van der Waals surface area contributed by atoms with Crippen LogP contribution in [0.2, 0.25) is 0 Å². The van der Waals surface area contributed by atoms with Gasteiger partial charge < -0.3 is 19.9 Å². The molecule has 0 radical (unpaired) electrons. The minimum Gasteiger partial charge on any atom is -0.354 e. The highest BCUT2D eigenvalue weighted by Gasteiger charge is 2.44. The van der Waals surface area contributed by atoms with Crippen molar-refractivity contribution in [3.63, 3.8) is 0 Å². The molecule has 0 aromatic carbocycles. The summed E-state index contributed by atoms with van der Waals surface area (Å²) in [4.78, 5) is 38.5. The summed E-state index contributed by atoms with van der Waals surface area (Å²) in [5.74, 6) is -0.315. The van der Waals surface area contributed by atoms with Crippen molar-refractivity contribution in [1.82, 2.24) is 20.4 Å². The summed E-state index contributed by atoms with van der Waals surface area (Å²) in [6.07, 6.45) is -0.456. The maximum absolute atomic E-state index is 12.1. The fourth-order valence-corrected chi connectivity index (χ4v) is 3.03. The number of carbonyl (C=O) groups is 3. The smallest absolute Gasteiger partial charge is 0.325 e. The molecule has 2 heterocycles. The van der Waals surface area contributed by atoms with E-state index in [1.807, 2.05) is 41.5 Å². The van der Waals surface area contributed by atoms with Crippen molar-refractivity contribution >= 4 is 18.0 Å². The molecular formula is C15H26N4O4. The van der Waals surface area contributed by atoms with Gasteiger partial charge in [-0.25, -0.2) is 9.59 Å². The fraction of sp³-hybridized carbons (Fsp3) is 0.800. The zero-order chi connectivity index (χ0) is 17.6. The molecule has 0 aromatic rings. The number of urea groups is 2. The Balaban J connectivity index is 1.99. The average molecular weight is 326 g/mol. The first-order valence-electron chi connectivity index (χ1n) is 7.76. The molecule has 8 nitrogen and oxygen atoms in total. The maximum atomic E-state index is 12.1. The highest BCUT2D eigenvalue weighted by atomic mass is 16.5. The molecule has 8 heteroatoms. The summed E-state index contributed by atoms with van der Waals surface area (Å²) in [6, 6.07) is -0.710. The van der Waals surface area contributed by atoms with E-state index in [1.54, 1.807) is 4.90 Å². The number of imide groups is 1. The van der Waals surface area contributed by atoms with Crippen LogP contribution >= 0.6 is 0 Å². The third-order valence-electron chi connectivity index (χ3n) is 4.19. The van der Waals surface area contributed by atoms with Crippen LogP contribution < -0.4 is 10.6 Å². The molecule has 23 heavy (non-hydrogen) atoms. The first kappa shape index (κ1) is 17.5. The fourth-order valence-electron chi connectivity index (χ4n) is 3.03. The van der Waals surface area contributed by atoms with E-state index < -0.39 is 17.8 Å². The lowest BCUT2D eigenvalue weighted by Crippen LogP contribution is -2.51. The van der Waals surface area contributed by atoms with Crippen molar-refractivity contribution in [3.8, 4) is 0 Å². The summed E-state index contributed by atoms with van der Waals surface area (Å²) in [5.41, 5.74) is -0.964. The van der Waals surface area contributed by atoms with E-state index in [0.29, 0.717) is 0 Å². The molecule has 0 spiro atoms. The van der Waals surface area contributed by atoms with Crippen LogP contribution in [0.1, 0.15) is 41.5 Å². The summed E-state index contributed by atoms with van der Waals surface area (Å²) in [5, 5.41) is 5.08. The standard InChI is InChI=1S/C15H26N4O4/c1-9-11(17-13(22)19(9)14(2,3)4)23-8-15(5,6)18-7-10(20)16-12(18)21/h9,11H,7-8H2,1-6H3,(H,17,22)(H,16,20,21)/t9-,11?/m0/s1. The van der Waals surface area contributed by atoms with Crippen molar-refractivity contribution < 1.29 is 19.1 Å². The first-order chi connectivity index (χ1) is 10.4. The highest BCUT2D eigenvalue weighted by Crippen LogP contribution is 2.26.